The van der Waals surface area contributed by atoms with Gasteiger partial charge in [-0.3, -0.25) is 4.79 Å². The Bertz CT molecular complexity index is 547. The standard InChI is InChI=1S/C17H21F3OS/c1-11(2)15-10-14(8-9-16(15)17(18,19)20)22-13(4)7-5-6-12(3)21/h5-6,8-11,13H,7H2,1-4H3/b6-5+. The Morgan fingerprint density at radius 3 is 2.41 bits per heavy atom. The summed E-state index contributed by atoms with van der Waals surface area (Å²) < 4.78 is 39.0. The van der Waals surface area contributed by atoms with Gasteiger partial charge < -0.3 is 0 Å². The summed E-state index contributed by atoms with van der Waals surface area (Å²) in [6, 6.07) is 4.31. The van der Waals surface area contributed by atoms with Crippen LogP contribution in [-0.4, -0.2) is 11.0 Å². The van der Waals surface area contributed by atoms with E-state index in [0.29, 0.717) is 12.0 Å². The minimum Gasteiger partial charge on any atom is -0.295 e. The first-order chi connectivity index (χ1) is 10.1. The largest absolute Gasteiger partial charge is 0.416 e. The van der Waals surface area contributed by atoms with Crippen molar-refractivity contribution in [3.05, 3.63) is 41.5 Å². The van der Waals surface area contributed by atoms with Crippen molar-refractivity contribution >= 4 is 17.5 Å². The van der Waals surface area contributed by atoms with Crippen molar-refractivity contribution in [2.75, 3.05) is 0 Å². The molecule has 22 heavy (non-hydrogen) atoms. The summed E-state index contributed by atoms with van der Waals surface area (Å²) in [7, 11) is 0. The Morgan fingerprint density at radius 1 is 1.27 bits per heavy atom. The second kappa shape index (κ2) is 7.86. The third-order valence-corrected chi connectivity index (χ3v) is 4.23. The van der Waals surface area contributed by atoms with Gasteiger partial charge in [0, 0.05) is 10.1 Å². The molecule has 0 aliphatic rings. The number of carbonyl (C=O) groups is 1. The molecular formula is C17H21F3OS. The fraction of sp³-hybridized carbons (Fsp3) is 0.471. The molecule has 0 bridgehead atoms. The first kappa shape index (κ1) is 18.8. The maximum Gasteiger partial charge on any atom is 0.416 e. The van der Waals surface area contributed by atoms with Gasteiger partial charge in [0.15, 0.2) is 5.78 Å². The van der Waals surface area contributed by atoms with E-state index < -0.39 is 11.7 Å². The van der Waals surface area contributed by atoms with Gasteiger partial charge in [-0.1, -0.05) is 26.8 Å². The van der Waals surface area contributed by atoms with Gasteiger partial charge in [0.2, 0.25) is 0 Å². The lowest BCUT2D eigenvalue weighted by Crippen LogP contribution is -2.10. The van der Waals surface area contributed by atoms with Crippen LogP contribution in [0.25, 0.3) is 0 Å². The van der Waals surface area contributed by atoms with E-state index in [0.717, 1.165) is 11.0 Å². The Hall–Kier alpha value is -1.23. The summed E-state index contributed by atoms with van der Waals surface area (Å²) >= 11 is 1.52. The third kappa shape index (κ3) is 5.87. The van der Waals surface area contributed by atoms with Crippen LogP contribution in [0.4, 0.5) is 13.2 Å². The van der Waals surface area contributed by atoms with Crippen molar-refractivity contribution in [1.82, 2.24) is 0 Å². The van der Waals surface area contributed by atoms with E-state index in [4.69, 9.17) is 0 Å². The number of alkyl halides is 3. The summed E-state index contributed by atoms with van der Waals surface area (Å²) in [5.74, 6) is -0.195. The van der Waals surface area contributed by atoms with Crippen LogP contribution in [0, 0.1) is 0 Å². The van der Waals surface area contributed by atoms with Gasteiger partial charge in [0.25, 0.3) is 0 Å². The molecule has 0 radical (unpaired) electrons. The summed E-state index contributed by atoms with van der Waals surface area (Å²) in [5.41, 5.74) is -0.236. The topological polar surface area (TPSA) is 17.1 Å². The van der Waals surface area contributed by atoms with E-state index in [1.54, 1.807) is 26.0 Å². The van der Waals surface area contributed by atoms with Gasteiger partial charge in [0.1, 0.15) is 0 Å². The molecule has 0 heterocycles. The van der Waals surface area contributed by atoms with Crippen LogP contribution >= 0.6 is 11.8 Å². The van der Waals surface area contributed by atoms with E-state index >= 15 is 0 Å². The van der Waals surface area contributed by atoms with E-state index in [9.17, 15) is 18.0 Å². The molecule has 1 unspecified atom stereocenters. The Kier molecular flexibility index (Phi) is 6.72. The first-order valence-corrected chi connectivity index (χ1v) is 8.04. The lowest BCUT2D eigenvalue weighted by Gasteiger charge is -2.18. The quantitative estimate of drug-likeness (QED) is 0.481. The second-order valence-corrected chi connectivity index (χ2v) is 7.09. The fourth-order valence-electron chi connectivity index (χ4n) is 2.06. The number of thioether (sulfide) groups is 1. The minimum atomic E-state index is -4.32. The summed E-state index contributed by atoms with van der Waals surface area (Å²) in [6.07, 6.45) is -0.308. The molecule has 0 spiro atoms. The highest BCUT2D eigenvalue weighted by molar-refractivity contribution is 8.00. The predicted molar refractivity (Wildman–Crippen MR) is 85.3 cm³/mol. The van der Waals surface area contributed by atoms with Gasteiger partial charge in [0.05, 0.1) is 5.56 Å². The molecule has 122 valence electrons. The van der Waals surface area contributed by atoms with Gasteiger partial charge in [-0.2, -0.15) is 13.2 Å². The maximum atomic E-state index is 13.0. The van der Waals surface area contributed by atoms with E-state index in [-0.39, 0.29) is 17.0 Å². The van der Waals surface area contributed by atoms with Crippen molar-refractivity contribution < 1.29 is 18.0 Å². The predicted octanol–water partition coefficient (Wildman–Crippen LogP) is 5.84. The fourth-order valence-corrected chi connectivity index (χ4v) is 3.07. The number of ketones is 1. The molecule has 0 saturated heterocycles. The molecule has 0 amide bonds. The van der Waals surface area contributed by atoms with Crippen LogP contribution in [0.15, 0.2) is 35.2 Å². The van der Waals surface area contributed by atoms with Crippen molar-refractivity contribution in [3.8, 4) is 0 Å². The molecule has 5 heteroatoms. The summed E-state index contributed by atoms with van der Waals surface area (Å²) in [6.45, 7) is 7.00. The maximum absolute atomic E-state index is 13.0. The normalized spacial score (nSPS) is 13.8. The number of hydrogen-bond acceptors (Lipinski definition) is 2. The lowest BCUT2D eigenvalue weighted by atomic mass is 9.97. The second-order valence-electron chi connectivity index (χ2n) is 5.58. The van der Waals surface area contributed by atoms with E-state index in [2.05, 4.69) is 0 Å². The minimum absolute atomic E-state index is 0.00572. The third-order valence-electron chi connectivity index (χ3n) is 3.11. The summed E-state index contributed by atoms with van der Waals surface area (Å²) in [4.78, 5) is 11.7. The molecule has 1 aromatic carbocycles. The van der Waals surface area contributed by atoms with E-state index in [1.165, 1.54) is 30.8 Å². The van der Waals surface area contributed by atoms with Crippen molar-refractivity contribution in [1.29, 1.82) is 0 Å². The molecular weight excluding hydrogens is 309 g/mol. The van der Waals surface area contributed by atoms with Crippen molar-refractivity contribution in [2.24, 2.45) is 0 Å². The molecule has 1 atom stereocenters. The van der Waals surface area contributed by atoms with Crippen molar-refractivity contribution in [2.45, 2.75) is 56.4 Å². The SMILES string of the molecule is CC(=O)/C=C/CC(C)Sc1ccc(C(F)(F)F)c(C(C)C)c1. The number of benzene rings is 1. The zero-order valence-corrected chi connectivity index (χ0v) is 14.0. The number of allylic oxidation sites excluding steroid dienone is 2. The molecule has 1 rings (SSSR count). The van der Waals surface area contributed by atoms with Crippen LogP contribution < -0.4 is 0 Å². The van der Waals surface area contributed by atoms with Gasteiger partial charge >= 0.3 is 6.18 Å². The monoisotopic (exact) mass is 330 g/mol. The molecule has 0 aliphatic carbocycles. The molecule has 0 fully saturated rings. The summed E-state index contributed by atoms with van der Waals surface area (Å²) in [5, 5.41) is 0.187. The highest BCUT2D eigenvalue weighted by Gasteiger charge is 2.33. The van der Waals surface area contributed by atoms with Crippen LogP contribution in [0.1, 0.15) is 51.2 Å². The highest BCUT2D eigenvalue weighted by Crippen LogP contribution is 2.38. The van der Waals surface area contributed by atoms with Gasteiger partial charge in [-0.15, -0.1) is 11.8 Å². The molecule has 1 aromatic rings. The Balaban J connectivity index is 2.89. The molecule has 0 saturated carbocycles. The average Bonchev–Trinajstić information content (AvgIpc) is 2.36. The highest BCUT2D eigenvalue weighted by atomic mass is 32.2. The van der Waals surface area contributed by atoms with Crippen LogP contribution in [0.2, 0.25) is 0 Å². The zero-order chi connectivity index (χ0) is 16.9. The van der Waals surface area contributed by atoms with Gasteiger partial charge in [-0.25, -0.2) is 0 Å². The van der Waals surface area contributed by atoms with Crippen LogP contribution in [0.5, 0.6) is 0 Å². The molecule has 0 N–H and O–H groups in total. The molecule has 0 aromatic heterocycles. The lowest BCUT2D eigenvalue weighted by molar-refractivity contribution is -0.138. The van der Waals surface area contributed by atoms with Crippen LogP contribution in [0.3, 0.4) is 0 Å². The zero-order valence-electron chi connectivity index (χ0n) is 13.2. The number of hydrogen-bond donors (Lipinski definition) is 0. The number of carbonyl (C=O) groups excluding carboxylic acids is 1. The molecule has 0 aliphatic heterocycles. The van der Waals surface area contributed by atoms with Crippen molar-refractivity contribution in [3.63, 3.8) is 0 Å². The smallest absolute Gasteiger partial charge is 0.295 e. The number of rotatable bonds is 6. The Morgan fingerprint density at radius 2 is 1.91 bits per heavy atom. The molecule has 1 nitrogen and oxygen atoms in total. The van der Waals surface area contributed by atoms with Crippen LogP contribution in [-0.2, 0) is 11.0 Å². The number of halogens is 3. The average molecular weight is 330 g/mol. The van der Waals surface area contributed by atoms with E-state index in [1.807, 2.05) is 6.92 Å². The van der Waals surface area contributed by atoms with Gasteiger partial charge in [-0.05, 0) is 49.1 Å². The Labute approximate surface area is 134 Å². The first-order valence-electron chi connectivity index (χ1n) is 7.16.